The van der Waals surface area contributed by atoms with Crippen molar-refractivity contribution in [3.8, 4) is 0 Å². The van der Waals surface area contributed by atoms with Gasteiger partial charge < -0.3 is 37.8 Å². The maximum absolute atomic E-state index is 13.1. The monoisotopic (exact) mass is 484 g/mol. The van der Waals surface area contributed by atoms with Crippen LogP contribution >= 0.6 is 0 Å². The van der Waals surface area contributed by atoms with Crippen molar-refractivity contribution in [1.82, 2.24) is 21.3 Å². The Hall–Kier alpha value is -3.22. The number of primary amides is 2. The van der Waals surface area contributed by atoms with Crippen LogP contribution in [-0.2, 0) is 28.8 Å². The van der Waals surface area contributed by atoms with Crippen molar-refractivity contribution in [2.45, 2.75) is 83.0 Å². The number of nitrogens with two attached hydrogens (primary N) is 2. The summed E-state index contributed by atoms with van der Waals surface area (Å²) in [6.07, 6.45) is 1.10. The third-order valence-corrected chi connectivity index (χ3v) is 5.78. The zero-order valence-electron chi connectivity index (χ0n) is 19.6. The summed E-state index contributed by atoms with van der Waals surface area (Å²) in [5.74, 6) is -4.94. The number of nitrogens with one attached hydrogen (secondary N) is 4. The molecule has 0 bridgehead atoms. The van der Waals surface area contributed by atoms with Gasteiger partial charge in [-0.15, -0.1) is 0 Å². The lowest BCUT2D eigenvalue weighted by Crippen LogP contribution is -2.58. The van der Waals surface area contributed by atoms with Crippen LogP contribution in [0.4, 0.5) is 0 Å². The molecule has 5 amide bonds. The Morgan fingerprint density at radius 1 is 0.941 bits per heavy atom. The maximum Gasteiger partial charge on any atom is 0.326 e. The molecule has 1 fully saturated rings. The minimum Gasteiger partial charge on any atom is -0.480 e. The summed E-state index contributed by atoms with van der Waals surface area (Å²) >= 11 is 0. The van der Waals surface area contributed by atoms with E-state index in [1.54, 1.807) is 6.92 Å². The molecule has 1 heterocycles. The predicted molar refractivity (Wildman–Crippen MR) is 121 cm³/mol. The van der Waals surface area contributed by atoms with Crippen molar-refractivity contribution >= 4 is 35.5 Å². The van der Waals surface area contributed by atoms with Crippen LogP contribution in [0, 0.1) is 5.92 Å². The normalized spacial score (nSPS) is 18.7. The quantitative estimate of drug-likeness (QED) is 0.135. The molecule has 1 aliphatic rings. The first-order chi connectivity index (χ1) is 16.0. The molecule has 0 spiro atoms. The first kappa shape index (κ1) is 28.8. The molecule has 1 rings (SSSR count). The standard InChI is InChI=1S/C21H36N6O7/c1-3-11(2)17(27-18(30)12-5-4-10-24-12)20(32)25-13(6-8-15(22)28)19(31)26-14(21(33)34)7-9-16(23)29/h11-14,17,24H,3-10H2,1-2H3,(H2,22,28)(H2,23,29)(H,25,32)(H,26,31)(H,27,30)(H,33,34). The van der Waals surface area contributed by atoms with Gasteiger partial charge in [0.15, 0.2) is 0 Å². The fraction of sp³-hybridized carbons (Fsp3) is 0.714. The van der Waals surface area contributed by atoms with Gasteiger partial charge in [0.05, 0.1) is 6.04 Å². The highest BCUT2D eigenvalue weighted by atomic mass is 16.4. The van der Waals surface area contributed by atoms with Gasteiger partial charge in [-0.3, -0.25) is 24.0 Å². The number of carbonyl (C=O) groups excluding carboxylic acids is 5. The van der Waals surface area contributed by atoms with E-state index in [9.17, 15) is 33.9 Å². The van der Waals surface area contributed by atoms with E-state index in [2.05, 4.69) is 21.3 Å². The number of carbonyl (C=O) groups is 6. The van der Waals surface area contributed by atoms with Crippen molar-refractivity contribution in [2.75, 3.05) is 6.54 Å². The number of carboxylic acid groups (broad SMARTS) is 1. The molecule has 0 aromatic rings. The van der Waals surface area contributed by atoms with E-state index in [0.29, 0.717) is 19.4 Å². The van der Waals surface area contributed by atoms with E-state index in [4.69, 9.17) is 11.5 Å². The summed E-state index contributed by atoms with van der Waals surface area (Å²) in [5.41, 5.74) is 10.2. The Morgan fingerprint density at radius 2 is 1.50 bits per heavy atom. The van der Waals surface area contributed by atoms with Gasteiger partial charge in [-0.05, 0) is 38.1 Å². The molecule has 5 unspecified atom stereocenters. The van der Waals surface area contributed by atoms with Crippen LogP contribution in [-0.4, -0.2) is 71.3 Å². The second-order valence-electron chi connectivity index (χ2n) is 8.49. The number of hydrogen-bond donors (Lipinski definition) is 7. The van der Waals surface area contributed by atoms with Crippen molar-refractivity contribution in [3.05, 3.63) is 0 Å². The van der Waals surface area contributed by atoms with Gasteiger partial charge in [-0.1, -0.05) is 20.3 Å². The largest absolute Gasteiger partial charge is 0.480 e. The zero-order chi connectivity index (χ0) is 25.8. The number of hydrogen-bond acceptors (Lipinski definition) is 7. The van der Waals surface area contributed by atoms with Crippen LogP contribution in [0.5, 0.6) is 0 Å². The number of amides is 5. The van der Waals surface area contributed by atoms with Crippen LogP contribution in [0.25, 0.3) is 0 Å². The molecule has 1 aliphatic heterocycles. The molecule has 13 nitrogen and oxygen atoms in total. The lowest BCUT2D eigenvalue weighted by Gasteiger charge is -2.28. The molecule has 0 aromatic heterocycles. The number of aliphatic carboxylic acids is 1. The van der Waals surface area contributed by atoms with Gasteiger partial charge in [0.25, 0.3) is 0 Å². The zero-order valence-corrected chi connectivity index (χ0v) is 19.6. The van der Waals surface area contributed by atoms with Crippen molar-refractivity contribution in [2.24, 2.45) is 17.4 Å². The minimum absolute atomic E-state index is 0.180. The van der Waals surface area contributed by atoms with Crippen LogP contribution in [0.3, 0.4) is 0 Å². The summed E-state index contributed by atoms with van der Waals surface area (Å²) in [7, 11) is 0. The first-order valence-electron chi connectivity index (χ1n) is 11.4. The average molecular weight is 485 g/mol. The van der Waals surface area contributed by atoms with E-state index < -0.39 is 53.8 Å². The summed E-state index contributed by atoms with van der Waals surface area (Å²) in [5, 5.41) is 19.9. The molecule has 0 aliphatic carbocycles. The maximum atomic E-state index is 13.1. The molecule has 9 N–H and O–H groups in total. The summed E-state index contributed by atoms with van der Waals surface area (Å²) < 4.78 is 0. The topological polar surface area (TPSA) is 223 Å². The highest BCUT2D eigenvalue weighted by Gasteiger charge is 2.33. The molecule has 0 radical (unpaired) electrons. The minimum atomic E-state index is -1.42. The summed E-state index contributed by atoms with van der Waals surface area (Å²) in [4.78, 5) is 72.1. The second-order valence-corrected chi connectivity index (χ2v) is 8.49. The Kier molecular flexibility index (Phi) is 12.0. The molecule has 1 saturated heterocycles. The smallest absolute Gasteiger partial charge is 0.326 e. The van der Waals surface area contributed by atoms with E-state index in [1.165, 1.54) is 0 Å². The SMILES string of the molecule is CCC(C)C(NC(=O)C1CCCN1)C(=O)NC(CCC(N)=O)C(=O)NC(CCC(N)=O)C(=O)O. The second kappa shape index (κ2) is 14.1. The average Bonchev–Trinajstić information content (AvgIpc) is 3.31. The molecule has 192 valence electrons. The van der Waals surface area contributed by atoms with Crippen LogP contribution < -0.4 is 32.7 Å². The Morgan fingerprint density at radius 3 is 1.97 bits per heavy atom. The first-order valence-corrected chi connectivity index (χ1v) is 11.4. The van der Waals surface area contributed by atoms with E-state index in [-0.39, 0.29) is 37.5 Å². The third kappa shape index (κ3) is 9.73. The summed E-state index contributed by atoms with van der Waals surface area (Å²) in [6, 6.07) is -4.07. The van der Waals surface area contributed by atoms with Gasteiger partial charge in [-0.25, -0.2) is 4.79 Å². The molecule has 13 heteroatoms. The van der Waals surface area contributed by atoms with E-state index in [0.717, 1.165) is 6.42 Å². The lowest BCUT2D eigenvalue weighted by molar-refractivity contribution is -0.143. The molecule has 34 heavy (non-hydrogen) atoms. The molecular formula is C21H36N6O7. The van der Waals surface area contributed by atoms with Crippen LogP contribution in [0.1, 0.15) is 58.8 Å². The Labute approximate surface area is 198 Å². The van der Waals surface area contributed by atoms with Gasteiger partial charge >= 0.3 is 5.97 Å². The van der Waals surface area contributed by atoms with Gasteiger partial charge in [0, 0.05) is 12.8 Å². The van der Waals surface area contributed by atoms with Crippen LogP contribution in [0.2, 0.25) is 0 Å². The Bertz CT molecular complexity index is 769. The third-order valence-electron chi connectivity index (χ3n) is 5.78. The van der Waals surface area contributed by atoms with E-state index >= 15 is 0 Å². The highest BCUT2D eigenvalue weighted by molar-refractivity contribution is 5.94. The number of rotatable bonds is 15. The molecule has 5 atom stereocenters. The fourth-order valence-corrected chi connectivity index (χ4v) is 3.50. The summed E-state index contributed by atoms with van der Waals surface area (Å²) in [6.45, 7) is 4.32. The molecule has 0 aromatic carbocycles. The van der Waals surface area contributed by atoms with Gasteiger partial charge in [0.2, 0.25) is 29.5 Å². The fourth-order valence-electron chi connectivity index (χ4n) is 3.50. The lowest BCUT2D eigenvalue weighted by atomic mass is 9.97. The van der Waals surface area contributed by atoms with E-state index in [1.807, 2.05) is 6.92 Å². The van der Waals surface area contributed by atoms with Gasteiger partial charge in [-0.2, -0.15) is 0 Å². The van der Waals surface area contributed by atoms with Gasteiger partial charge in [0.1, 0.15) is 18.1 Å². The van der Waals surface area contributed by atoms with Crippen molar-refractivity contribution in [3.63, 3.8) is 0 Å². The Balaban J connectivity index is 2.97. The molecule has 0 saturated carbocycles. The van der Waals surface area contributed by atoms with Crippen molar-refractivity contribution < 1.29 is 33.9 Å². The number of carboxylic acids is 1. The predicted octanol–water partition coefficient (Wildman–Crippen LogP) is -2.15. The molecular weight excluding hydrogens is 448 g/mol. The van der Waals surface area contributed by atoms with Crippen LogP contribution in [0.15, 0.2) is 0 Å². The van der Waals surface area contributed by atoms with Crippen molar-refractivity contribution in [1.29, 1.82) is 0 Å². The highest BCUT2D eigenvalue weighted by Crippen LogP contribution is 2.12.